The number of rotatable bonds is 4. The highest BCUT2D eigenvalue weighted by atomic mass is 31.1. The fraction of sp³-hybridized carbons (Fsp3) is 0.630. The van der Waals surface area contributed by atoms with Crippen LogP contribution in [0.5, 0.6) is 0 Å². The number of hydrogen-bond acceptors (Lipinski definition) is 0. The van der Waals surface area contributed by atoms with Gasteiger partial charge in [-0.15, -0.1) is 0 Å². The zero-order valence-corrected chi connectivity index (χ0v) is 19.5. The van der Waals surface area contributed by atoms with Crippen LogP contribution in [0.3, 0.4) is 0 Å². The third-order valence-corrected chi connectivity index (χ3v) is 11.6. The Morgan fingerprint density at radius 3 is 1.75 bits per heavy atom. The van der Waals surface area contributed by atoms with Gasteiger partial charge in [-0.25, -0.2) is 0 Å². The van der Waals surface area contributed by atoms with Crippen LogP contribution >= 0.6 is 7.92 Å². The Bertz CT molecular complexity index is 738. The SMILES string of the molecule is CC1=C(C)C(C)C(c2ccccc2P(C2CCCCC2)C2CCCCC2)=C1C. The maximum Gasteiger partial charge on any atom is 0.00317 e. The molecule has 152 valence electrons. The molecule has 1 aromatic carbocycles. The quantitative estimate of drug-likeness (QED) is 0.451. The van der Waals surface area contributed by atoms with Crippen LogP contribution in [0.1, 0.15) is 97.5 Å². The molecule has 0 saturated heterocycles. The smallest absolute Gasteiger partial charge is 0.00317 e. The zero-order valence-electron chi connectivity index (χ0n) is 18.6. The summed E-state index contributed by atoms with van der Waals surface area (Å²) < 4.78 is 0. The van der Waals surface area contributed by atoms with Gasteiger partial charge in [-0.05, 0) is 85.4 Å². The zero-order chi connectivity index (χ0) is 19.7. The molecule has 0 amide bonds. The summed E-state index contributed by atoms with van der Waals surface area (Å²) in [6.07, 6.45) is 14.8. The van der Waals surface area contributed by atoms with Crippen molar-refractivity contribution in [3.63, 3.8) is 0 Å². The second kappa shape index (κ2) is 8.87. The molecule has 1 unspecified atom stereocenters. The normalized spacial score (nSPS) is 25.2. The van der Waals surface area contributed by atoms with E-state index in [-0.39, 0.29) is 7.92 Å². The third-order valence-electron chi connectivity index (χ3n) is 8.05. The van der Waals surface area contributed by atoms with E-state index in [1.54, 1.807) is 27.6 Å². The van der Waals surface area contributed by atoms with Crippen molar-refractivity contribution in [3.05, 3.63) is 46.5 Å². The summed E-state index contributed by atoms with van der Waals surface area (Å²) in [6, 6.07) is 9.64. The number of benzene rings is 1. The van der Waals surface area contributed by atoms with Crippen LogP contribution in [0.25, 0.3) is 5.57 Å². The molecule has 1 heteroatoms. The van der Waals surface area contributed by atoms with E-state index in [1.165, 1.54) is 69.8 Å². The van der Waals surface area contributed by atoms with Crippen LogP contribution in [-0.2, 0) is 0 Å². The summed E-state index contributed by atoms with van der Waals surface area (Å²) in [5.74, 6) is 0.579. The maximum absolute atomic E-state index is 2.54. The van der Waals surface area contributed by atoms with Crippen LogP contribution in [0, 0.1) is 5.92 Å². The summed E-state index contributed by atoms with van der Waals surface area (Å²) in [5, 5.41) is 1.76. The Morgan fingerprint density at radius 1 is 0.714 bits per heavy atom. The Balaban J connectivity index is 1.77. The molecule has 1 atom stereocenters. The Morgan fingerprint density at radius 2 is 1.25 bits per heavy atom. The fourth-order valence-electron chi connectivity index (χ4n) is 6.14. The van der Waals surface area contributed by atoms with Crippen molar-refractivity contribution in [2.24, 2.45) is 5.92 Å². The Kier molecular flexibility index (Phi) is 6.46. The minimum atomic E-state index is -0.0483. The van der Waals surface area contributed by atoms with E-state index in [0.29, 0.717) is 5.92 Å². The lowest BCUT2D eigenvalue weighted by molar-refractivity contribution is 0.487. The van der Waals surface area contributed by atoms with E-state index in [1.807, 2.05) is 0 Å². The first-order valence-corrected chi connectivity index (χ1v) is 13.3. The first-order chi connectivity index (χ1) is 13.6. The second-order valence-corrected chi connectivity index (χ2v) is 12.3. The molecule has 1 aromatic rings. The molecule has 3 aliphatic carbocycles. The van der Waals surface area contributed by atoms with Gasteiger partial charge >= 0.3 is 0 Å². The molecular weight excluding hydrogens is 355 g/mol. The molecule has 28 heavy (non-hydrogen) atoms. The van der Waals surface area contributed by atoms with Crippen molar-refractivity contribution in [2.45, 2.75) is 103 Å². The summed E-state index contributed by atoms with van der Waals surface area (Å²) >= 11 is 0. The highest BCUT2D eigenvalue weighted by Gasteiger charge is 2.35. The van der Waals surface area contributed by atoms with E-state index < -0.39 is 0 Å². The minimum absolute atomic E-state index is 0.0483. The van der Waals surface area contributed by atoms with Gasteiger partial charge in [0.2, 0.25) is 0 Å². The third kappa shape index (κ3) is 3.79. The molecule has 2 saturated carbocycles. The van der Waals surface area contributed by atoms with E-state index in [9.17, 15) is 0 Å². The van der Waals surface area contributed by atoms with Crippen molar-refractivity contribution >= 4 is 18.8 Å². The van der Waals surface area contributed by atoms with Gasteiger partial charge in [0, 0.05) is 5.92 Å². The van der Waals surface area contributed by atoms with Crippen molar-refractivity contribution in [2.75, 3.05) is 0 Å². The monoisotopic (exact) mass is 394 g/mol. The van der Waals surface area contributed by atoms with Gasteiger partial charge in [0.05, 0.1) is 0 Å². The highest BCUT2D eigenvalue weighted by Crippen LogP contribution is 2.56. The molecule has 0 bridgehead atoms. The molecule has 0 heterocycles. The lowest BCUT2D eigenvalue weighted by Gasteiger charge is -2.40. The Labute approximate surface area is 174 Å². The lowest BCUT2D eigenvalue weighted by atomic mass is 9.92. The maximum atomic E-state index is 2.54. The summed E-state index contributed by atoms with van der Waals surface area (Å²) in [5.41, 5.74) is 9.89. The van der Waals surface area contributed by atoms with Crippen LogP contribution in [0.15, 0.2) is 41.0 Å². The number of hydrogen-bond donors (Lipinski definition) is 0. The largest absolute Gasteiger partial charge is 0.0683 e. The van der Waals surface area contributed by atoms with Gasteiger partial charge in [0.15, 0.2) is 0 Å². The predicted molar refractivity (Wildman–Crippen MR) is 127 cm³/mol. The van der Waals surface area contributed by atoms with Crippen LogP contribution in [-0.4, -0.2) is 11.3 Å². The van der Waals surface area contributed by atoms with Crippen LogP contribution < -0.4 is 5.30 Å². The summed E-state index contributed by atoms with van der Waals surface area (Å²) in [6.45, 7) is 9.49. The van der Waals surface area contributed by atoms with E-state index in [2.05, 4.69) is 52.0 Å². The van der Waals surface area contributed by atoms with Crippen LogP contribution in [0.2, 0.25) is 0 Å². The van der Waals surface area contributed by atoms with Gasteiger partial charge in [-0.3, -0.25) is 0 Å². The van der Waals surface area contributed by atoms with Gasteiger partial charge in [0.1, 0.15) is 0 Å². The van der Waals surface area contributed by atoms with E-state index in [4.69, 9.17) is 0 Å². The molecule has 0 radical (unpaired) electrons. The Hall–Kier alpha value is -0.870. The standard InChI is InChI=1S/C27H39P/c1-19-20(2)22(4)27(21(19)3)25-17-11-12-18-26(25)28(23-13-7-5-8-14-23)24-15-9-6-10-16-24/h11-12,17-18,21,23-24H,5-10,13-16H2,1-4H3. The van der Waals surface area contributed by atoms with Gasteiger partial charge in [0.25, 0.3) is 0 Å². The van der Waals surface area contributed by atoms with Gasteiger partial charge in [-0.2, -0.15) is 0 Å². The lowest BCUT2D eigenvalue weighted by Crippen LogP contribution is -2.28. The molecule has 0 spiro atoms. The van der Waals surface area contributed by atoms with E-state index >= 15 is 0 Å². The number of allylic oxidation sites excluding steroid dienone is 4. The molecule has 4 rings (SSSR count). The average Bonchev–Trinajstić information content (AvgIpc) is 2.93. The molecule has 0 aliphatic heterocycles. The molecule has 2 fully saturated rings. The van der Waals surface area contributed by atoms with Crippen molar-refractivity contribution < 1.29 is 0 Å². The fourth-order valence-corrected chi connectivity index (χ4v) is 10.1. The predicted octanol–water partition coefficient (Wildman–Crippen LogP) is 8.22. The molecular formula is C27H39P. The molecule has 3 aliphatic rings. The van der Waals surface area contributed by atoms with Gasteiger partial charge < -0.3 is 0 Å². The first-order valence-electron chi connectivity index (χ1n) is 11.9. The van der Waals surface area contributed by atoms with E-state index in [0.717, 1.165) is 11.3 Å². The van der Waals surface area contributed by atoms with Crippen molar-refractivity contribution in [1.82, 2.24) is 0 Å². The van der Waals surface area contributed by atoms with Gasteiger partial charge in [-0.1, -0.05) is 83.2 Å². The molecule has 0 nitrogen and oxygen atoms in total. The topological polar surface area (TPSA) is 0 Å². The van der Waals surface area contributed by atoms with Crippen molar-refractivity contribution in [3.8, 4) is 0 Å². The van der Waals surface area contributed by atoms with Crippen molar-refractivity contribution in [1.29, 1.82) is 0 Å². The second-order valence-electron chi connectivity index (χ2n) is 9.58. The summed E-state index contributed by atoms with van der Waals surface area (Å²) in [7, 11) is -0.0483. The highest BCUT2D eigenvalue weighted by molar-refractivity contribution is 7.67. The minimum Gasteiger partial charge on any atom is -0.0683 e. The molecule has 0 aromatic heterocycles. The first kappa shape index (κ1) is 20.4. The summed E-state index contributed by atoms with van der Waals surface area (Å²) in [4.78, 5) is 0. The van der Waals surface area contributed by atoms with Crippen LogP contribution in [0.4, 0.5) is 0 Å². The average molecular weight is 395 g/mol. The molecule has 0 N–H and O–H groups in total.